The molecule has 1 aliphatic rings. The number of nitrogens with zero attached hydrogens (tertiary/aromatic N) is 1. The average Bonchev–Trinajstić information content (AvgIpc) is 2.84. The summed E-state index contributed by atoms with van der Waals surface area (Å²) < 4.78 is 5.08. The second-order valence-corrected chi connectivity index (χ2v) is 4.23. The van der Waals surface area contributed by atoms with E-state index in [0.717, 1.165) is 19.4 Å². The Morgan fingerprint density at radius 3 is 3.00 bits per heavy atom. The van der Waals surface area contributed by atoms with Crippen LogP contribution < -0.4 is 0 Å². The highest BCUT2D eigenvalue weighted by Crippen LogP contribution is 2.22. The topological polar surface area (TPSA) is 33.5 Å². The summed E-state index contributed by atoms with van der Waals surface area (Å²) in [7, 11) is 0. The summed E-state index contributed by atoms with van der Waals surface area (Å²) in [6.45, 7) is 0.745. The molecule has 0 N–H and O–H groups in total. The molecule has 0 aromatic carbocycles. The Morgan fingerprint density at radius 2 is 2.40 bits per heavy atom. The van der Waals surface area contributed by atoms with E-state index in [1.807, 2.05) is 0 Å². The van der Waals surface area contributed by atoms with Crippen LogP contribution in [0.4, 0.5) is 0 Å². The van der Waals surface area contributed by atoms with E-state index in [9.17, 15) is 4.79 Å². The highest BCUT2D eigenvalue weighted by molar-refractivity contribution is 6.29. The first-order valence-electron chi connectivity index (χ1n) is 4.84. The van der Waals surface area contributed by atoms with Crippen molar-refractivity contribution in [3.05, 3.63) is 23.1 Å². The minimum absolute atomic E-state index is 0.120. The smallest absolute Gasteiger partial charge is 0.289 e. The number of hydrogen-bond acceptors (Lipinski definition) is 2. The Hall–Kier alpha value is -0.670. The molecule has 1 unspecified atom stereocenters. The number of amides is 1. The third kappa shape index (κ3) is 2.13. The predicted molar refractivity (Wildman–Crippen MR) is 58.5 cm³/mol. The second kappa shape index (κ2) is 4.45. The van der Waals surface area contributed by atoms with Gasteiger partial charge in [0.2, 0.25) is 0 Å². The number of rotatable bonds is 2. The van der Waals surface area contributed by atoms with E-state index in [-0.39, 0.29) is 22.9 Å². The monoisotopic (exact) mass is 247 g/mol. The summed E-state index contributed by atoms with van der Waals surface area (Å²) in [6.07, 6.45) is 1.96. The van der Waals surface area contributed by atoms with Crippen molar-refractivity contribution in [3.8, 4) is 0 Å². The van der Waals surface area contributed by atoms with Crippen molar-refractivity contribution in [2.75, 3.05) is 12.4 Å². The average molecular weight is 248 g/mol. The molecule has 1 atom stereocenters. The molecule has 0 bridgehead atoms. The van der Waals surface area contributed by atoms with Crippen LogP contribution in [0.3, 0.4) is 0 Å². The molecule has 0 saturated carbocycles. The van der Waals surface area contributed by atoms with Crippen LogP contribution in [0.1, 0.15) is 23.4 Å². The minimum Gasteiger partial charge on any atom is -0.440 e. The lowest BCUT2D eigenvalue weighted by molar-refractivity contribution is 0.0717. The highest BCUT2D eigenvalue weighted by atomic mass is 35.5. The lowest BCUT2D eigenvalue weighted by Gasteiger charge is -2.21. The van der Waals surface area contributed by atoms with Crippen molar-refractivity contribution in [1.82, 2.24) is 4.90 Å². The number of hydrogen-bond donors (Lipinski definition) is 0. The first-order chi connectivity index (χ1) is 7.22. The quantitative estimate of drug-likeness (QED) is 0.754. The van der Waals surface area contributed by atoms with Crippen LogP contribution in [0.25, 0.3) is 0 Å². The van der Waals surface area contributed by atoms with Crippen molar-refractivity contribution in [1.29, 1.82) is 0 Å². The van der Waals surface area contributed by atoms with E-state index in [0.29, 0.717) is 5.88 Å². The van der Waals surface area contributed by atoms with Gasteiger partial charge in [-0.2, -0.15) is 0 Å². The van der Waals surface area contributed by atoms with Gasteiger partial charge in [0.05, 0.1) is 0 Å². The Balaban J connectivity index is 2.13. The molecule has 1 aliphatic heterocycles. The van der Waals surface area contributed by atoms with Crippen LogP contribution in [0, 0.1) is 0 Å². The fourth-order valence-corrected chi connectivity index (χ4v) is 2.30. The van der Waals surface area contributed by atoms with Crippen LogP contribution in [0.2, 0.25) is 5.22 Å². The third-order valence-electron chi connectivity index (χ3n) is 2.60. The van der Waals surface area contributed by atoms with Crippen molar-refractivity contribution < 1.29 is 9.21 Å². The molecule has 1 aromatic heterocycles. The summed E-state index contributed by atoms with van der Waals surface area (Å²) in [5.74, 6) is 0.641. The Kier molecular flexibility index (Phi) is 3.22. The van der Waals surface area contributed by atoms with Crippen molar-refractivity contribution in [3.63, 3.8) is 0 Å². The Morgan fingerprint density at radius 1 is 1.60 bits per heavy atom. The summed E-state index contributed by atoms with van der Waals surface area (Å²) in [5.41, 5.74) is 0. The van der Waals surface area contributed by atoms with Gasteiger partial charge in [-0.1, -0.05) is 0 Å². The van der Waals surface area contributed by atoms with E-state index in [1.54, 1.807) is 17.0 Å². The number of carbonyl (C=O) groups excluding carboxylic acids is 1. The molecule has 82 valence electrons. The fraction of sp³-hybridized carbons (Fsp3) is 0.500. The molecule has 2 heterocycles. The molecule has 5 heteroatoms. The zero-order valence-electron chi connectivity index (χ0n) is 8.08. The largest absolute Gasteiger partial charge is 0.440 e. The molecule has 0 radical (unpaired) electrons. The van der Waals surface area contributed by atoms with E-state index in [4.69, 9.17) is 27.6 Å². The fourth-order valence-electron chi connectivity index (χ4n) is 1.83. The molecule has 1 fully saturated rings. The van der Waals surface area contributed by atoms with Gasteiger partial charge in [-0.3, -0.25) is 4.79 Å². The number of furan rings is 1. The molecule has 1 aromatic rings. The van der Waals surface area contributed by atoms with Gasteiger partial charge in [-0.15, -0.1) is 11.6 Å². The maximum atomic E-state index is 11.9. The zero-order valence-corrected chi connectivity index (χ0v) is 9.59. The molecule has 1 amide bonds. The predicted octanol–water partition coefficient (Wildman–Crippen LogP) is 2.78. The van der Waals surface area contributed by atoms with Crippen LogP contribution in [-0.2, 0) is 0 Å². The maximum absolute atomic E-state index is 11.9. The first-order valence-corrected chi connectivity index (χ1v) is 5.76. The van der Waals surface area contributed by atoms with E-state index < -0.39 is 0 Å². The number of alkyl halides is 1. The lowest BCUT2D eigenvalue weighted by Crippen LogP contribution is -2.36. The summed E-state index contributed by atoms with van der Waals surface area (Å²) in [6, 6.07) is 3.29. The normalized spacial score (nSPS) is 20.9. The summed E-state index contributed by atoms with van der Waals surface area (Å²) in [5, 5.41) is 0.236. The molecule has 15 heavy (non-hydrogen) atoms. The van der Waals surface area contributed by atoms with Crippen LogP contribution in [0.5, 0.6) is 0 Å². The van der Waals surface area contributed by atoms with Crippen LogP contribution >= 0.6 is 23.2 Å². The van der Waals surface area contributed by atoms with Crippen molar-refractivity contribution in [2.45, 2.75) is 18.9 Å². The highest BCUT2D eigenvalue weighted by Gasteiger charge is 2.30. The van der Waals surface area contributed by atoms with Crippen molar-refractivity contribution >= 4 is 29.1 Å². The van der Waals surface area contributed by atoms with Gasteiger partial charge in [0, 0.05) is 18.5 Å². The Labute approximate surface area is 97.9 Å². The SMILES string of the molecule is O=C(c1ccc(Cl)o1)N1CCCC1CCl. The van der Waals surface area contributed by atoms with E-state index in [2.05, 4.69) is 0 Å². The molecule has 0 spiro atoms. The standard InChI is InChI=1S/C10H11Cl2NO2/c11-6-7-2-1-5-13(7)10(14)8-3-4-9(12)15-8/h3-4,7H,1-2,5-6H2. The van der Waals surface area contributed by atoms with E-state index in [1.165, 1.54) is 0 Å². The van der Waals surface area contributed by atoms with E-state index >= 15 is 0 Å². The Bertz CT molecular complexity index is 364. The number of carbonyl (C=O) groups is 1. The first kappa shape index (κ1) is 10.8. The molecular formula is C10H11Cl2NO2. The molecule has 3 nitrogen and oxygen atoms in total. The molecular weight excluding hydrogens is 237 g/mol. The van der Waals surface area contributed by atoms with Crippen LogP contribution in [0.15, 0.2) is 16.5 Å². The van der Waals surface area contributed by atoms with Crippen molar-refractivity contribution in [2.24, 2.45) is 0 Å². The van der Waals surface area contributed by atoms with Gasteiger partial charge in [0.1, 0.15) is 0 Å². The lowest BCUT2D eigenvalue weighted by atomic mass is 10.2. The number of halogens is 2. The minimum atomic E-state index is -0.120. The molecule has 1 saturated heterocycles. The summed E-state index contributed by atoms with van der Waals surface area (Å²) >= 11 is 11.4. The molecule has 2 rings (SSSR count). The number of likely N-dealkylation sites (tertiary alicyclic amines) is 1. The van der Waals surface area contributed by atoms with Gasteiger partial charge in [0.15, 0.2) is 11.0 Å². The van der Waals surface area contributed by atoms with Crippen LogP contribution in [-0.4, -0.2) is 29.3 Å². The second-order valence-electron chi connectivity index (χ2n) is 3.55. The maximum Gasteiger partial charge on any atom is 0.289 e. The summed E-state index contributed by atoms with van der Waals surface area (Å²) in [4.78, 5) is 13.7. The molecule has 0 aliphatic carbocycles. The van der Waals surface area contributed by atoms with Gasteiger partial charge >= 0.3 is 0 Å². The van der Waals surface area contributed by atoms with Gasteiger partial charge in [0.25, 0.3) is 5.91 Å². The van der Waals surface area contributed by atoms with Gasteiger partial charge in [-0.25, -0.2) is 0 Å². The van der Waals surface area contributed by atoms with Gasteiger partial charge < -0.3 is 9.32 Å². The van der Waals surface area contributed by atoms with Gasteiger partial charge in [-0.05, 0) is 36.6 Å². The zero-order chi connectivity index (χ0) is 10.8. The third-order valence-corrected chi connectivity index (χ3v) is 3.16.